The molecule has 2 N–H and O–H groups in total. The van der Waals surface area contributed by atoms with Gasteiger partial charge in [0.15, 0.2) is 11.5 Å². The molecule has 0 unspecified atom stereocenters. The number of nitrogens with one attached hydrogen (secondary N) is 2. The van der Waals surface area contributed by atoms with E-state index < -0.39 is 0 Å². The molecule has 8 heteroatoms. The third-order valence-corrected chi connectivity index (χ3v) is 6.19. The number of nitrogens with zero attached hydrogens (tertiary/aromatic N) is 4. The van der Waals surface area contributed by atoms with Crippen LogP contribution in [0.2, 0.25) is 0 Å². The van der Waals surface area contributed by atoms with Gasteiger partial charge in [-0.25, -0.2) is 0 Å². The molecule has 30 heavy (non-hydrogen) atoms. The molecule has 0 atom stereocenters. The van der Waals surface area contributed by atoms with Gasteiger partial charge in [0.25, 0.3) is 5.91 Å². The number of hydrogen-bond acceptors (Lipinski definition) is 4. The number of amides is 2. The molecule has 8 nitrogen and oxygen atoms in total. The van der Waals surface area contributed by atoms with E-state index in [0.717, 1.165) is 44.2 Å². The lowest BCUT2D eigenvalue weighted by atomic mass is 9.85. The minimum Gasteiger partial charge on any atom is -0.353 e. The molecule has 2 aliphatic rings. The van der Waals surface area contributed by atoms with Crippen LogP contribution in [0.15, 0.2) is 36.7 Å². The molecule has 3 aromatic heterocycles. The Morgan fingerprint density at radius 1 is 0.967 bits per heavy atom. The van der Waals surface area contributed by atoms with E-state index in [-0.39, 0.29) is 23.8 Å². The van der Waals surface area contributed by atoms with Gasteiger partial charge in [0, 0.05) is 37.4 Å². The fourth-order valence-corrected chi connectivity index (χ4v) is 4.21. The van der Waals surface area contributed by atoms with Gasteiger partial charge in [-0.15, -0.1) is 10.2 Å². The maximum absolute atomic E-state index is 12.9. The highest BCUT2D eigenvalue weighted by molar-refractivity contribution is 5.94. The van der Waals surface area contributed by atoms with Crippen molar-refractivity contribution in [1.82, 2.24) is 29.8 Å². The van der Waals surface area contributed by atoms with Crippen molar-refractivity contribution in [2.24, 2.45) is 13.0 Å². The van der Waals surface area contributed by atoms with Crippen LogP contribution >= 0.6 is 0 Å². The minimum absolute atomic E-state index is 0.0833. The molecular formula is C22H26N6O2. The van der Waals surface area contributed by atoms with E-state index in [0.29, 0.717) is 23.1 Å². The Morgan fingerprint density at radius 3 is 2.40 bits per heavy atom. The summed E-state index contributed by atoms with van der Waals surface area (Å²) in [6.45, 7) is 0. The zero-order valence-electron chi connectivity index (χ0n) is 17.0. The largest absolute Gasteiger partial charge is 0.353 e. The summed E-state index contributed by atoms with van der Waals surface area (Å²) in [4.78, 5) is 25.1. The molecular weight excluding hydrogens is 380 g/mol. The zero-order valence-corrected chi connectivity index (χ0v) is 17.0. The van der Waals surface area contributed by atoms with Crippen molar-refractivity contribution in [2.75, 3.05) is 0 Å². The molecule has 0 spiro atoms. The second-order valence-corrected chi connectivity index (χ2v) is 8.48. The van der Waals surface area contributed by atoms with Crippen LogP contribution in [0.3, 0.4) is 0 Å². The van der Waals surface area contributed by atoms with E-state index >= 15 is 0 Å². The van der Waals surface area contributed by atoms with Crippen molar-refractivity contribution in [3.05, 3.63) is 42.2 Å². The van der Waals surface area contributed by atoms with Gasteiger partial charge in [0.2, 0.25) is 5.91 Å². The van der Waals surface area contributed by atoms with Crippen LogP contribution in [0.25, 0.3) is 17.2 Å². The van der Waals surface area contributed by atoms with Crippen molar-refractivity contribution in [3.63, 3.8) is 0 Å². The van der Waals surface area contributed by atoms with Crippen molar-refractivity contribution in [1.29, 1.82) is 0 Å². The molecule has 5 rings (SSSR count). The number of aromatic nitrogens is 4. The second kappa shape index (κ2) is 7.59. The Balaban J connectivity index is 1.25. The molecule has 0 aliphatic heterocycles. The lowest BCUT2D eigenvalue weighted by Crippen LogP contribution is -2.41. The summed E-state index contributed by atoms with van der Waals surface area (Å²) in [5.74, 6) is 0.872. The van der Waals surface area contributed by atoms with Gasteiger partial charge in [0.1, 0.15) is 0 Å². The van der Waals surface area contributed by atoms with Crippen LogP contribution in [0.1, 0.15) is 48.9 Å². The van der Waals surface area contributed by atoms with Crippen molar-refractivity contribution in [2.45, 2.75) is 50.6 Å². The summed E-state index contributed by atoms with van der Waals surface area (Å²) in [5.41, 5.74) is 2.21. The fourth-order valence-electron chi connectivity index (χ4n) is 4.21. The number of hydrogen-bond donors (Lipinski definition) is 2. The van der Waals surface area contributed by atoms with Crippen LogP contribution in [0.5, 0.6) is 0 Å². The Bertz CT molecular complexity index is 1090. The monoisotopic (exact) mass is 406 g/mol. The standard InChI is InChI=1S/C22H26N6O2/c1-27-12-2-3-18(27)20-26-25-19-11-6-15(13-28(19)20)22(30)24-16-7-4-14(5-8-16)21(29)23-17-9-10-17/h2-3,6,11-14,16-17H,4-5,7-10H2,1H3,(H,23,29)(H,24,30). The Kier molecular flexibility index (Phi) is 4.77. The molecule has 3 heterocycles. The third kappa shape index (κ3) is 3.69. The van der Waals surface area contributed by atoms with Gasteiger partial charge >= 0.3 is 0 Å². The van der Waals surface area contributed by atoms with Crippen LogP contribution in [-0.4, -0.2) is 43.1 Å². The number of carbonyl (C=O) groups excluding carboxylic acids is 2. The number of fused-ring (bicyclic) bond motifs is 1. The Hall–Kier alpha value is -3.16. The zero-order chi connectivity index (χ0) is 20.7. The molecule has 0 saturated heterocycles. The van der Waals surface area contributed by atoms with Crippen molar-refractivity contribution >= 4 is 17.5 Å². The molecule has 2 saturated carbocycles. The molecule has 3 aromatic rings. The van der Waals surface area contributed by atoms with E-state index in [1.807, 2.05) is 40.4 Å². The lowest BCUT2D eigenvalue weighted by molar-refractivity contribution is -0.126. The van der Waals surface area contributed by atoms with Crippen LogP contribution < -0.4 is 10.6 Å². The highest BCUT2D eigenvalue weighted by Crippen LogP contribution is 2.27. The molecule has 2 fully saturated rings. The average Bonchev–Trinajstić information content (AvgIpc) is 3.31. The van der Waals surface area contributed by atoms with Crippen LogP contribution in [0, 0.1) is 5.92 Å². The summed E-state index contributed by atoms with van der Waals surface area (Å²) >= 11 is 0. The maximum Gasteiger partial charge on any atom is 0.252 e. The highest BCUT2D eigenvalue weighted by atomic mass is 16.2. The third-order valence-electron chi connectivity index (χ3n) is 6.19. The molecule has 2 amide bonds. The van der Waals surface area contributed by atoms with E-state index in [1.165, 1.54) is 0 Å². The first-order valence-corrected chi connectivity index (χ1v) is 10.7. The molecule has 2 aliphatic carbocycles. The average molecular weight is 406 g/mol. The predicted octanol–water partition coefficient (Wildman–Crippen LogP) is 2.30. The number of carbonyl (C=O) groups is 2. The first-order valence-electron chi connectivity index (χ1n) is 10.7. The lowest BCUT2D eigenvalue weighted by Gasteiger charge is -2.28. The summed E-state index contributed by atoms with van der Waals surface area (Å²) in [5, 5.41) is 14.7. The summed E-state index contributed by atoms with van der Waals surface area (Å²) in [6.07, 6.45) is 9.28. The summed E-state index contributed by atoms with van der Waals surface area (Å²) in [6, 6.07) is 8.03. The number of aryl methyl sites for hydroxylation is 1. The first-order chi connectivity index (χ1) is 14.6. The van der Waals surface area contributed by atoms with Crippen molar-refractivity contribution in [3.8, 4) is 11.5 Å². The van der Waals surface area contributed by atoms with E-state index in [4.69, 9.17) is 0 Å². The minimum atomic E-state index is -0.102. The van der Waals surface area contributed by atoms with Crippen LogP contribution in [-0.2, 0) is 11.8 Å². The van der Waals surface area contributed by atoms with Gasteiger partial charge in [0.05, 0.1) is 11.3 Å². The van der Waals surface area contributed by atoms with Gasteiger partial charge < -0.3 is 15.2 Å². The van der Waals surface area contributed by atoms with E-state index in [2.05, 4.69) is 20.8 Å². The second-order valence-electron chi connectivity index (χ2n) is 8.48. The van der Waals surface area contributed by atoms with Gasteiger partial charge in [-0.05, 0) is 62.8 Å². The summed E-state index contributed by atoms with van der Waals surface area (Å²) < 4.78 is 3.82. The molecule has 0 bridgehead atoms. The molecule has 156 valence electrons. The van der Waals surface area contributed by atoms with E-state index in [1.54, 1.807) is 12.3 Å². The van der Waals surface area contributed by atoms with Gasteiger partial charge in [-0.3, -0.25) is 14.0 Å². The first kappa shape index (κ1) is 18.8. The number of pyridine rings is 1. The van der Waals surface area contributed by atoms with Crippen molar-refractivity contribution < 1.29 is 9.59 Å². The van der Waals surface area contributed by atoms with E-state index in [9.17, 15) is 9.59 Å². The molecule has 0 radical (unpaired) electrons. The Labute approximate surface area is 174 Å². The van der Waals surface area contributed by atoms with Gasteiger partial charge in [-0.2, -0.15) is 0 Å². The Morgan fingerprint density at radius 2 is 1.70 bits per heavy atom. The fraction of sp³-hybridized carbons (Fsp3) is 0.455. The quantitative estimate of drug-likeness (QED) is 0.680. The normalized spacial score (nSPS) is 21.5. The van der Waals surface area contributed by atoms with Gasteiger partial charge in [-0.1, -0.05) is 0 Å². The predicted molar refractivity (Wildman–Crippen MR) is 112 cm³/mol. The molecule has 0 aromatic carbocycles. The van der Waals surface area contributed by atoms with Crippen LogP contribution in [0.4, 0.5) is 0 Å². The number of rotatable bonds is 5. The SMILES string of the molecule is Cn1cccc1-c1nnc2ccc(C(=O)NC3CCC(C(=O)NC4CC4)CC3)cn12. The highest BCUT2D eigenvalue weighted by Gasteiger charge is 2.31. The topological polar surface area (TPSA) is 93.3 Å². The maximum atomic E-state index is 12.9. The smallest absolute Gasteiger partial charge is 0.252 e. The summed E-state index contributed by atoms with van der Waals surface area (Å²) in [7, 11) is 1.95.